The largest absolute Gasteiger partial charge is 0.462 e. The normalized spacial score (nSPS) is 17.7. The van der Waals surface area contributed by atoms with Crippen LogP contribution in [-0.4, -0.2) is 77.1 Å². The molecule has 2 aliphatic rings. The van der Waals surface area contributed by atoms with Gasteiger partial charge < -0.3 is 20.2 Å². The third-order valence-electron chi connectivity index (χ3n) is 5.77. The van der Waals surface area contributed by atoms with Crippen LogP contribution in [0.1, 0.15) is 28.4 Å². The standard InChI is InChI=1S/C25H29N7O3/c1-3-35-25(33)19-7-9-20(10-8-19)27-23-24(29-22(30-34)21(26)28-23)32-13-11-31(12-14-32)16-18-6-4-5-17(2)15-18/h4-10,15,34H,3,11-14,16H2,1-2H3,(H2,26,27,28)/b30-22+. The van der Waals surface area contributed by atoms with Crippen molar-refractivity contribution >= 4 is 35.0 Å². The van der Waals surface area contributed by atoms with Gasteiger partial charge in [-0.3, -0.25) is 10.3 Å². The molecule has 1 saturated heterocycles. The molecule has 4 rings (SSSR count). The molecule has 2 aliphatic heterocycles. The van der Waals surface area contributed by atoms with Gasteiger partial charge in [-0.05, 0) is 43.7 Å². The van der Waals surface area contributed by atoms with Crippen LogP contribution in [0.3, 0.4) is 0 Å². The molecule has 35 heavy (non-hydrogen) atoms. The zero-order chi connectivity index (χ0) is 24.8. The lowest BCUT2D eigenvalue weighted by Gasteiger charge is -2.37. The summed E-state index contributed by atoms with van der Waals surface area (Å²) in [5.41, 5.74) is 3.66. The first-order valence-corrected chi connectivity index (χ1v) is 11.5. The molecule has 0 atom stereocenters. The highest BCUT2D eigenvalue weighted by Gasteiger charge is 2.28. The SMILES string of the molecule is CCOC(=O)c1ccc(NC2=NC(=N)/C(=N\O)N=C2N2CCN(Cc3cccc(C)c3)CC2)cc1. The molecule has 0 spiro atoms. The smallest absolute Gasteiger partial charge is 0.338 e. The highest BCUT2D eigenvalue weighted by molar-refractivity contribution is 6.57. The summed E-state index contributed by atoms with van der Waals surface area (Å²) in [6.07, 6.45) is 0. The molecule has 0 radical (unpaired) electrons. The van der Waals surface area contributed by atoms with Gasteiger partial charge in [0.15, 0.2) is 17.5 Å². The molecule has 10 heteroatoms. The number of nitrogens with zero attached hydrogens (tertiary/aromatic N) is 5. The summed E-state index contributed by atoms with van der Waals surface area (Å²) >= 11 is 0. The van der Waals surface area contributed by atoms with E-state index < -0.39 is 0 Å². The molecule has 0 amide bonds. The fraction of sp³-hybridized carbons (Fsp3) is 0.320. The quantitative estimate of drug-likeness (QED) is 0.347. The molecule has 0 aliphatic carbocycles. The van der Waals surface area contributed by atoms with Gasteiger partial charge in [-0.1, -0.05) is 35.0 Å². The lowest BCUT2D eigenvalue weighted by atomic mass is 10.1. The third kappa shape index (κ3) is 5.90. The number of aliphatic imine (C=N–C) groups is 2. The monoisotopic (exact) mass is 475 g/mol. The Balaban J connectivity index is 1.45. The van der Waals surface area contributed by atoms with E-state index in [-0.39, 0.29) is 17.6 Å². The predicted octanol–water partition coefficient (Wildman–Crippen LogP) is 2.98. The second-order valence-corrected chi connectivity index (χ2v) is 8.34. The number of oxime groups is 1. The van der Waals surface area contributed by atoms with Crippen molar-refractivity contribution < 1.29 is 14.7 Å². The van der Waals surface area contributed by atoms with Gasteiger partial charge in [0, 0.05) is 38.4 Å². The Morgan fingerprint density at radius 3 is 2.54 bits per heavy atom. The van der Waals surface area contributed by atoms with Crippen molar-refractivity contribution in [2.75, 3.05) is 38.1 Å². The van der Waals surface area contributed by atoms with Gasteiger partial charge in [0.25, 0.3) is 0 Å². The molecule has 10 nitrogen and oxygen atoms in total. The molecule has 0 aromatic heterocycles. The molecule has 182 valence electrons. The molecule has 2 heterocycles. The molecule has 0 unspecified atom stereocenters. The molecule has 1 fully saturated rings. The van der Waals surface area contributed by atoms with E-state index in [0.717, 1.165) is 19.6 Å². The van der Waals surface area contributed by atoms with Crippen molar-refractivity contribution in [3.8, 4) is 0 Å². The first-order valence-electron chi connectivity index (χ1n) is 11.5. The molecule has 3 N–H and O–H groups in total. The number of ether oxygens (including phenoxy) is 1. The summed E-state index contributed by atoms with van der Waals surface area (Å²) < 4.78 is 5.03. The van der Waals surface area contributed by atoms with E-state index in [1.165, 1.54) is 11.1 Å². The Morgan fingerprint density at radius 2 is 1.89 bits per heavy atom. The van der Waals surface area contributed by atoms with Crippen LogP contribution in [-0.2, 0) is 11.3 Å². The third-order valence-corrected chi connectivity index (χ3v) is 5.77. The number of nitrogens with one attached hydrogen (secondary N) is 2. The number of hydrogen-bond acceptors (Lipinski definition) is 8. The summed E-state index contributed by atoms with van der Waals surface area (Å²) in [6.45, 7) is 8.12. The fourth-order valence-corrected chi connectivity index (χ4v) is 4.02. The number of rotatable bonds is 5. The number of piperazine rings is 1. The summed E-state index contributed by atoms with van der Waals surface area (Å²) in [7, 11) is 0. The Kier molecular flexibility index (Phi) is 7.51. The van der Waals surface area contributed by atoms with Gasteiger partial charge in [-0.25, -0.2) is 14.8 Å². The first kappa shape index (κ1) is 24.1. The lowest BCUT2D eigenvalue weighted by Crippen LogP contribution is -2.52. The van der Waals surface area contributed by atoms with E-state index in [0.29, 0.717) is 42.6 Å². The van der Waals surface area contributed by atoms with E-state index >= 15 is 0 Å². The van der Waals surface area contributed by atoms with Gasteiger partial charge in [-0.15, -0.1) is 0 Å². The van der Waals surface area contributed by atoms with Crippen molar-refractivity contribution in [1.82, 2.24) is 9.80 Å². The van der Waals surface area contributed by atoms with Crippen LogP contribution in [0.2, 0.25) is 0 Å². The van der Waals surface area contributed by atoms with Crippen molar-refractivity contribution in [3.63, 3.8) is 0 Å². The Morgan fingerprint density at radius 1 is 1.14 bits per heavy atom. The number of carbonyl (C=O) groups excluding carboxylic acids is 1. The zero-order valence-corrected chi connectivity index (χ0v) is 19.9. The topological polar surface area (TPSA) is 126 Å². The number of benzene rings is 2. The van der Waals surface area contributed by atoms with E-state index in [2.05, 4.69) is 61.4 Å². The highest BCUT2D eigenvalue weighted by Crippen LogP contribution is 2.16. The summed E-state index contributed by atoms with van der Waals surface area (Å²) in [6, 6.07) is 15.3. The average Bonchev–Trinajstić information content (AvgIpc) is 2.85. The zero-order valence-electron chi connectivity index (χ0n) is 19.9. The summed E-state index contributed by atoms with van der Waals surface area (Å²) in [5.74, 6) is 0.146. The Hall–Kier alpha value is -4.05. The van der Waals surface area contributed by atoms with E-state index in [4.69, 9.17) is 10.1 Å². The lowest BCUT2D eigenvalue weighted by molar-refractivity contribution is 0.0526. The fourth-order valence-electron chi connectivity index (χ4n) is 4.02. The minimum Gasteiger partial charge on any atom is -0.462 e. The number of hydrogen-bond donors (Lipinski definition) is 3. The van der Waals surface area contributed by atoms with Crippen molar-refractivity contribution in [2.24, 2.45) is 15.1 Å². The number of carbonyl (C=O) groups is 1. The summed E-state index contributed by atoms with van der Waals surface area (Å²) in [4.78, 5) is 25.1. The number of anilines is 1. The van der Waals surface area contributed by atoms with Crippen molar-refractivity contribution in [1.29, 1.82) is 5.41 Å². The molecule has 0 bridgehead atoms. The highest BCUT2D eigenvalue weighted by atomic mass is 16.5. The van der Waals surface area contributed by atoms with Gasteiger partial charge in [0.1, 0.15) is 0 Å². The van der Waals surface area contributed by atoms with Crippen LogP contribution in [0.4, 0.5) is 5.69 Å². The van der Waals surface area contributed by atoms with Crippen LogP contribution in [0.5, 0.6) is 0 Å². The van der Waals surface area contributed by atoms with Crippen LogP contribution < -0.4 is 5.32 Å². The second kappa shape index (κ2) is 10.9. The van der Waals surface area contributed by atoms with Crippen LogP contribution in [0.25, 0.3) is 0 Å². The molecular formula is C25H29N7O3. The molecule has 2 aromatic rings. The maximum atomic E-state index is 11.9. The second-order valence-electron chi connectivity index (χ2n) is 8.34. The average molecular weight is 476 g/mol. The van der Waals surface area contributed by atoms with Crippen LogP contribution >= 0.6 is 0 Å². The van der Waals surface area contributed by atoms with Gasteiger partial charge in [0.05, 0.1) is 12.2 Å². The van der Waals surface area contributed by atoms with Crippen molar-refractivity contribution in [3.05, 3.63) is 65.2 Å². The first-order chi connectivity index (χ1) is 17.0. The Labute approximate surface area is 204 Å². The van der Waals surface area contributed by atoms with Gasteiger partial charge >= 0.3 is 5.97 Å². The maximum Gasteiger partial charge on any atom is 0.338 e. The molecular weight excluding hydrogens is 446 g/mol. The van der Waals surface area contributed by atoms with Crippen LogP contribution in [0.15, 0.2) is 63.7 Å². The van der Waals surface area contributed by atoms with E-state index in [1.807, 2.05) is 0 Å². The Bertz CT molecular complexity index is 1180. The van der Waals surface area contributed by atoms with E-state index in [9.17, 15) is 10.0 Å². The predicted molar refractivity (Wildman–Crippen MR) is 136 cm³/mol. The minimum absolute atomic E-state index is 0.134. The van der Waals surface area contributed by atoms with E-state index in [1.54, 1.807) is 31.2 Å². The number of aryl methyl sites for hydroxylation is 1. The molecule has 0 saturated carbocycles. The summed E-state index contributed by atoms with van der Waals surface area (Å²) in [5, 5.41) is 23.6. The van der Waals surface area contributed by atoms with Gasteiger partial charge in [-0.2, -0.15) is 0 Å². The van der Waals surface area contributed by atoms with Gasteiger partial charge in [0.2, 0.25) is 5.84 Å². The number of esters is 1. The minimum atomic E-state index is -0.384. The number of amidine groups is 4. The molecule has 2 aromatic carbocycles. The maximum absolute atomic E-state index is 11.9. The van der Waals surface area contributed by atoms with Crippen LogP contribution in [0, 0.1) is 12.3 Å². The van der Waals surface area contributed by atoms with Crippen molar-refractivity contribution in [2.45, 2.75) is 20.4 Å².